The lowest BCUT2D eigenvalue weighted by Gasteiger charge is -2.08. The first-order chi connectivity index (χ1) is 10.6. The molecule has 2 rings (SSSR count). The fraction of sp³-hybridized carbons (Fsp3) is 0.471. The molecular formula is C17H24N2O3. The van der Waals surface area contributed by atoms with Crippen LogP contribution in [-0.4, -0.2) is 33.9 Å². The summed E-state index contributed by atoms with van der Waals surface area (Å²) in [6, 6.07) is 3.84. The first-order valence-electron chi connectivity index (χ1n) is 7.81. The lowest BCUT2D eigenvalue weighted by Crippen LogP contribution is -2.07. The van der Waals surface area contributed by atoms with Gasteiger partial charge in [-0.05, 0) is 55.5 Å². The summed E-state index contributed by atoms with van der Waals surface area (Å²) in [6.07, 6.45) is 5.03. The van der Waals surface area contributed by atoms with Crippen LogP contribution in [0, 0.1) is 0 Å². The van der Waals surface area contributed by atoms with Gasteiger partial charge in [0.15, 0.2) is 0 Å². The third kappa shape index (κ3) is 3.31. The maximum absolute atomic E-state index is 11.7. The van der Waals surface area contributed by atoms with Crippen LogP contribution in [0.5, 0.6) is 0 Å². The molecule has 2 aromatic rings. The van der Waals surface area contributed by atoms with E-state index in [9.17, 15) is 9.90 Å². The smallest absolute Gasteiger partial charge is 0.337 e. The largest absolute Gasteiger partial charge is 0.478 e. The topological polar surface area (TPSA) is 88.5 Å². The van der Waals surface area contributed by atoms with Gasteiger partial charge in [-0.3, -0.25) is 0 Å². The second-order valence-corrected chi connectivity index (χ2v) is 5.52. The van der Waals surface area contributed by atoms with Crippen LogP contribution in [0.1, 0.15) is 41.3 Å². The van der Waals surface area contributed by atoms with Crippen LogP contribution in [-0.2, 0) is 19.4 Å². The van der Waals surface area contributed by atoms with Crippen LogP contribution < -0.4 is 5.73 Å². The minimum atomic E-state index is -0.902. The maximum Gasteiger partial charge on any atom is 0.337 e. The predicted molar refractivity (Wildman–Crippen MR) is 87.4 cm³/mol. The van der Waals surface area contributed by atoms with E-state index in [1.807, 2.05) is 17.7 Å². The molecule has 0 bridgehead atoms. The molecule has 0 atom stereocenters. The van der Waals surface area contributed by atoms with Crippen LogP contribution in [0.3, 0.4) is 0 Å². The number of aryl methyl sites for hydroxylation is 3. The van der Waals surface area contributed by atoms with Gasteiger partial charge in [0.25, 0.3) is 0 Å². The van der Waals surface area contributed by atoms with Gasteiger partial charge in [0.1, 0.15) is 0 Å². The normalized spacial score (nSPS) is 11.2. The molecule has 22 heavy (non-hydrogen) atoms. The molecule has 1 aromatic heterocycles. The molecule has 1 aromatic carbocycles. The molecule has 0 saturated carbocycles. The Morgan fingerprint density at radius 2 is 2.09 bits per heavy atom. The van der Waals surface area contributed by atoms with Gasteiger partial charge in [0, 0.05) is 24.7 Å². The molecule has 0 aliphatic carbocycles. The van der Waals surface area contributed by atoms with E-state index in [2.05, 4.69) is 6.07 Å². The number of nitrogens with two attached hydrogens (primary N) is 1. The van der Waals surface area contributed by atoms with E-state index in [0.29, 0.717) is 25.1 Å². The molecule has 0 radical (unpaired) electrons. The number of aromatic carboxylic acids is 1. The lowest BCUT2D eigenvalue weighted by atomic mass is 10.0. The van der Waals surface area contributed by atoms with Crippen LogP contribution in [0.25, 0.3) is 10.9 Å². The van der Waals surface area contributed by atoms with E-state index in [1.54, 1.807) is 6.07 Å². The van der Waals surface area contributed by atoms with Gasteiger partial charge in [0.2, 0.25) is 0 Å². The van der Waals surface area contributed by atoms with Gasteiger partial charge in [-0.25, -0.2) is 4.79 Å². The van der Waals surface area contributed by atoms with Crippen LogP contribution in [0.15, 0.2) is 18.3 Å². The summed E-state index contributed by atoms with van der Waals surface area (Å²) in [7, 11) is 0. The molecule has 4 N–H and O–H groups in total. The van der Waals surface area contributed by atoms with Crippen molar-refractivity contribution in [2.75, 3.05) is 13.2 Å². The van der Waals surface area contributed by atoms with Gasteiger partial charge in [-0.2, -0.15) is 0 Å². The zero-order chi connectivity index (χ0) is 16.1. The molecular weight excluding hydrogens is 280 g/mol. The number of carbonyl (C=O) groups is 1. The Morgan fingerprint density at radius 3 is 2.68 bits per heavy atom. The fourth-order valence-electron chi connectivity index (χ4n) is 2.84. The summed E-state index contributed by atoms with van der Waals surface area (Å²) in [5.74, 6) is -0.902. The highest BCUT2D eigenvalue weighted by molar-refractivity contribution is 6.03. The van der Waals surface area contributed by atoms with Crippen molar-refractivity contribution < 1.29 is 15.0 Å². The number of fused-ring (bicyclic) bond motifs is 1. The third-order valence-corrected chi connectivity index (χ3v) is 3.96. The summed E-state index contributed by atoms with van der Waals surface area (Å²) < 4.78 is 2.00. The van der Waals surface area contributed by atoms with Crippen molar-refractivity contribution >= 4 is 16.9 Å². The lowest BCUT2D eigenvalue weighted by molar-refractivity contribution is 0.0698. The molecule has 5 nitrogen and oxygen atoms in total. The van der Waals surface area contributed by atoms with Crippen LogP contribution >= 0.6 is 0 Å². The van der Waals surface area contributed by atoms with E-state index in [4.69, 9.17) is 10.8 Å². The summed E-state index contributed by atoms with van der Waals surface area (Å²) >= 11 is 0. The van der Waals surface area contributed by atoms with Crippen molar-refractivity contribution in [3.8, 4) is 0 Å². The van der Waals surface area contributed by atoms with E-state index in [0.717, 1.165) is 41.3 Å². The minimum Gasteiger partial charge on any atom is -0.478 e. The Morgan fingerprint density at radius 1 is 1.32 bits per heavy atom. The molecule has 0 aliphatic heterocycles. The molecule has 0 saturated heterocycles. The minimum absolute atomic E-state index is 0.134. The zero-order valence-corrected chi connectivity index (χ0v) is 13.0. The van der Waals surface area contributed by atoms with Gasteiger partial charge < -0.3 is 20.5 Å². The van der Waals surface area contributed by atoms with Crippen molar-refractivity contribution in [2.45, 2.75) is 39.2 Å². The fourth-order valence-corrected chi connectivity index (χ4v) is 2.84. The number of carboxylic acids is 1. The second kappa shape index (κ2) is 7.42. The number of nitrogens with zero attached hydrogens (tertiary/aromatic N) is 1. The number of benzene rings is 1. The zero-order valence-electron chi connectivity index (χ0n) is 13.0. The summed E-state index contributed by atoms with van der Waals surface area (Å²) in [5.41, 5.74) is 8.82. The Labute approximate surface area is 130 Å². The number of hydrogen-bond donors (Lipinski definition) is 3. The van der Waals surface area contributed by atoms with Gasteiger partial charge in [-0.15, -0.1) is 0 Å². The Bertz CT molecular complexity index is 661. The highest BCUT2D eigenvalue weighted by Gasteiger charge is 2.17. The Kier molecular flexibility index (Phi) is 5.57. The molecule has 120 valence electrons. The number of aromatic nitrogens is 1. The molecule has 0 aliphatic rings. The van der Waals surface area contributed by atoms with Crippen molar-refractivity contribution in [3.05, 3.63) is 35.0 Å². The number of hydrogen-bond acceptors (Lipinski definition) is 3. The highest BCUT2D eigenvalue weighted by atomic mass is 16.4. The van der Waals surface area contributed by atoms with Gasteiger partial charge in [0.05, 0.1) is 11.1 Å². The Hall–Kier alpha value is -1.85. The van der Waals surface area contributed by atoms with Crippen molar-refractivity contribution in [1.82, 2.24) is 4.57 Å². The van der Waals surface area contributed by atoms with Crippen LogP contribution in [0.4, 0.5) is 0 Å². The van der Waals surface area contributed by atoms with E-state index < -0.39 is 5.97 Å². The second-order valence-electron chi connectivity index (χ2n) is 5.52. The third-order valence-electron chi connectivity index (χ3n) is 3.96. The van der Waals surface area contributed by atoms with Gasteiger partial charge in [-0.1, -0.05) is 6.92 Å². The number of aliphatic hydroxyl groups is 1. The molecule has 5 heteroatoms. The average molecular weight is 304 g/mol. The van der Waals surface area contributed by atoms with E-state index in [-0.39, 0.29) is 6.61 Å². The number of aliphatic hydroxyl groups excluding tert-OH is 1. The summed E-state index contributed by atoms with van der Waals surface area (Å²) in [5, 5.41) is 19.6. The average Bonchev–Trinajstić information content (AvgIpc) is 2.87. The number of carboxylic acid groups (broad SMARTS) is 1. The van der Waals surface area contributed by atoms with Crippen molar-refractivity contribution in [3.63, 3.8) is 0 Å². The maximum atomic E-state index is 11.7. The van der Waals surface area contributed by atoms with Crippen molar-refractivity contribution in [2.24, 2.45) is 5.73 Å². The molecule has 1 heterocycles. The molecule has 0 fully saturated rings. The highest BCUT2D eigenvalue weighted by Crippen LogP contribution is 2.28. The van der Waals surface area contributed by atoms with E-state index in [1.165, 1.54) is 0 Å². The molecule has 0 spiro atoms. The SMILES string of the molecule is CCc1cc(C(=O)O)c2c(c1)c(CCCO)cn2CCCN. The van der Waals surface area contributed by atoms with Gasteiger partial charge >= 0.3 is 5.97 Å². The summed E-state index contributed by atoms with van der Waals surface area (Å²) in [6.45, 7) is 3.43. The quantitative estimate of drug-likeness (QED) is 0.697. The predicted octanol–water partition coefficient (Wildman–Crippen LogP) is 2.18. The number of rotatable bonds is 8. The van der Waals surface area contributed by atoms with Crippen LogP contribution in [0.2, 0.25) is 0 Å². The molecule has 0 unspecified atom stereocenters. The monoisotopic (exact) mass is 304 g/mol. The Balaban J connectivity index is 2.64. The standard InChI is InChI=1S/C17H24N2O3/c1-2-12-9-14-13(5-3-8-20)11-19(7-4-6-18)16(14)15(10-12)17(21)22/h9-11,20H,2-8,18H2,1H3,(H,21,22). The summed E-state index contributed by atoms with van der Waals surface area (Å²) in [4.78, 5) is 11.7. The first-order valence-corrected chi connectivity index (χ1v) is 7.81. The molecule has 0 amide bonds. The van der Waals surface area contributed by atoms with E-state index >= 15 is 0 Å². The van der Waals surface area contributed by atoms with Crippen molar-refractivity contribution in [1.29, 1.82) is 0 Å². The first kappa shape index (κ1) is 16.5.